The van der Waals surface area contributed by atoms with Crippen LogP contribution in [-0.4, -0.2) is 314 Å². The van der Waals surface area contributed by atoms with Crippen molar-refractivity contribution in [3.05, 3.63) is 107 Å². The lowest BCUT2D eigenvalue weighted by atomic mass is 10.00. The Balaban J connectivity index is 1.19. The Morgan fingerprint density at radius 3 is 1.68 bits per heavy atom. The van der Waals surface area contributed by atoms with Crippen molar-refractivity contribution in [2.45, 2.75) is 228 Å². The number of aliphatic hydroxyl groups excluding tert-OH is 2. The molecule has 8 rings (SSSR count). The van der Waals surface area contributed by atoms with Gasteiger partial charge in [-0.3, -0.25) is 86.9 Å². The first-order valence-electron chi connectivity index (χ1n) is 44.5. The Morgan fingerprint density at radius 2 is 1.09 bits per heavy atom. The van der Waals surface area contributed by atoms with E-state index in [1.54, 1.807) is 74.8 Å². The van der Waals surface area contributed by atoms with Crippen molar-refractivity contribution < 1.29 is 91.7 Å². The summed E-state index contributed by atoms with van der Waals surface area (Å²) < 4.78 is 0. The van der Waals surface area contributed by atoms with E-state index in [4.69, 9.17) is 28.3 Å². The van der Waals surface area contributed by atoms with E-state index in [9.17, 15) is 63.4 Å². The zero-order valence-corrected chi connectivity index (χ0v) is 76.8. The van der Waals surface area contributed by atoms with Crippen LogP contribution < -0.4 is 81.4 Å². The second-order valence-electron chi connectivity index (χ2n) is 34.1. The fourth-order valence-corrected chi connectivity index (χ4v) is 17.1. The lowest BCUT2D eigenvalue weighted by Crippen LogP contribution is -2.62. The molecule has 0 bridgehead atoms. The normalized spacial score (nSPS) is 24.9. The van der Waals surface area contributed by atoms with Gasteiger partial charge in [-0.05, 0) is 98.7 Å². The number of guanidine groups is 1. The third-order valence-electron chi connectivity index (χ3n) is 23.7. The molecule has 722 valence electrons. The number of unbranched alkanes of at least 4 members (excludes halogenated alkanes) is 2. The summed E-state index contributed by atoms with van der Waals surface area (Å²) in [4.78, 5) is 260. The van der Waals surface area contributed by atoms with Crippen molar-refractivity contribution in [1.29, 1.82) is 10.7 Å². The van der Waals surface area contributed by atoms with Crippen LogP contribution in [0.4, 0.5) is 0 Å². The maximum atomic E-state index is 15.7. The number of nitrogens with zero attached hydrogens (tertiary/aromatic N) is 6. The molecular formula is C89H126N24O19S. The van der Waals surface area contributed by atoms with Crippen molar-refractivity contribution >= 4 is 140 Å². The number of nitrogens with one attached hydrogen (secondary N) is 14. The highest BCUT2D eigenvalue weighted by Crippen LogP contribution is 2.28. The molecule has 3 fully saturated rings. The minimum absolute atomic E-state index is 0.0129. The minimum Gasteiger partial charge on any atom is -0.394 e. The summed E-state index contributed by atoms with van der Waals surface area (Å²) in [6, 6.07) is 0.0601. The molecule has 24 N–H and O–H groups in total. The van der Waals surface area contributed by atoms with Crippen LogP contribution in [0, 0.1) is 22.7 Å². The Morgan fingerprint density at radius 1 is 0.564 bits per heavy atom. The molecule has 0 spiro atoms. The number of nitriles is 1. The fraction of sp³-hybridized carbons (Fsp3) is 0.539. The number of hydrogen-bond donors (Lipinski definition) is 20. The Labute approximate surface area is 774 Å². The van der Waals surface area contributed by atoms with Gasteiger partial charge >= 0.3 is 0 Å². The predicted molar refractivity (Wildman–Crippen MR) is 490 cm³/mol. The number of carbonyl (C=O) groups is 17. The highest BCUT2D eigenvalue weighted by Gasteiger charge is 2.47. The molecule has 133 heavy (non-hydrogen) atoms. The van der Waals surface area contributed by atoms with Gasteiger partial charge in [0.2, 0.25) is 100 Å². The Hall–Kier alpha value is -13.3. The summed E-state index contributed by atoms with van der Waals surface area (Å²) in [5.74, 6) is -18.0. The van der Waals surface area contributed by atoms with Gasteiger partial charge in [0.25, 0.3) is 0 Å². The van der Waals surface area contributed by atoms with E-state index in [1.165, 1.54) is 52.3 Å². The molecule has 0 aliphatic carbocycles. The van der Waals surface area contributed by atoms with Crippen LogP contribution in [-0.2, 0) is 101 Å². The number of aromatic amines is 2. The maximum absolute atomic E-state index is 15.7. The second kappa shape index (κ2) is 50.4. The largest absolute Gasteiger partial charge is 0.394 e. The molecule has 43 nitrogen and oxygen atoms in total. The summed E-state index contributed by atoms with van der Waals surface area (Å²) in [5.41, 5.74) is 25.8. The number of thioether (sulfide) groups is 1. The summed E-state index contributed by atoms with van der Waals surface area (Å²) in [7, 11) is 3.89. The fourth-order valence-electron chi connectivity index (χ4n) is 16.3. The molecule has 15 atom stereocenters. The molecule has 0 unspecified atom stereocenters. The number of amides is 17. The van der Waals surface area contributed by atoms with Gasteiger partial charge in [0.05, 0.1) is 43.1 Å². The lowest BCUT2D eigenvalue weighted by Gasteiger charge is -2.36. The number of likely N-dealkylation sites (N-methyl/N-ethyl adjacent to an activating group) is 3. The third kappa shape index (κ3) is 29.4. The van der Waals surface area contributed by atoms with Crippen molar-refractivity contribution in [1.82, 2.24) is 93.0 Å². The number of H-pyrrole nitrogens is 2. The van der Waals surface area contributed by atoms with Gasteiger partial charge in [0.15, 0.2) is 5.96 Å². The van der Waals surface area contributed by atoms with E-state index >= 15 is 33.6 Å². The summed E-state index contributed by atoms with van der Waals surface area (Å²) in [5, 5.41) is 70.0. The zero-order chi connectivity index (χ0) is 97.6. The highest BCUT2D eigenvalue weighted by atomic mass is 32.2. The summed E-state index contributed by atoms with van der Waals surface area (Å²) in [6.45, 7) is 5.37. The molecule has 0 saturated carbocycles. The topological polar surface area (TPSA) is 662 Å². The van der Waals surface area contributed by atoms with E-state index in [2.05, 4.69) is 68.5 Å². The number of aliphatic hydroxyl groups is 2. The number of primary amides is 2. The minimum atomic E-state index is -1.89. The van der Waals surface area contributed by atoms with Crippen molar-refractivity contribution in [2.75, 3.05) is 72.0 Å². The lowest BCUT2D eigenvalue weighted by molar-refractivity contribution is -0.149. The molecular weight excluding hydrogens is 1740 g/mol. The molecule has 2 aromatic heterocycles. The van der Waals surface area contributed by atoms with E-state index in [0.717, 1.165) is 36.3 Å². The van der Waals surface area contributed by atoms with Crippen LogP contribution in [0.1, 0.15) is 140 Å². The number of nitrogens with two attached hydrogens (primary N) is 4. The molecule has 3 aliphatic rings. The summed E-state index contributed by atoms with van der Waals surface area (Å²) in [6.07, 6.45) is 1.25. The number of aromatic nitrogens is 2. The number of para-hydroxylation sites is 2. The van der Waals surface area contributed by atoms with Crippen LogP contribution in [0.5, 0.6) is 0 Å². The van der Waals surface area contributed by atoms with Gasteiger partial charge in [-0.2, -0.15) is 5.26 Å². The summed E-state index contributed by atoms with van der Waals surface area (Å²) >= 11 is 0.759. The SMILES string of the molecule is CCCC[C@H]1C(=O)N(C)[C@@H](CCCC)C(=O)N[C@@H](CCCNC(=N)N)C(=O)N[C@H](C(=O)NCC(N)=O)CSCC(=O)N[C@@H](Cc2ccc(C#N)cc2)C(=O)N(C)[C@@H](C)C(=O)N[C@@H](CC(N)=O)C(=O)N2CCC[C@H]2C(=O)N[C@@H](CN)C(=O)N[C@@H](CC(C)C)C(=O)N2C[C@H](O)C[C@H]2C(=O)N[C@@H](Cc2c[nH]c3ccccc23)C(=O)N[C@@H](CO)C(=O)N[C@@H](Cc2c[nH]c3ccccc23)C(=O)N1C. The number of fused-ring (bicyclic) bond motifs is 4. The highest BCUT2D eigenvalue weighted by molar-refractivity contribution is 8.00. The van der Waals surface area contributed by atoms with Gasteiger partial charge in [-0.15, -0.1) is 11.8 Å². The molecule has 3 saturated heterocycles. The number of hydrogen-bond acceptors (Lipinski definition) is 23. The number of carbonyl (C=O) groups excluding carboxylic acids is 17. The zero-order valence-electron chi connectivity index (χ0n) is 76.0. The van der Waals surface area contributed by atoms with Gasteiger partial charge in [-0.25, -0.2) is 0 Å². The smallest absolute Gasteiger partial charge is 0.246 e. The van der Waals surface area contributed by atoms with Gasteiger partial charge in [-0.1, -0.05) is 102 Å². The molecule has 0 radical (unpaired) electrons. The van der Waals surface area contributed by atoms with E-state index in [1.807, 2.05) is 19.9 Å². The average molecular weight is 1870 g/mol. The standard InChI is InChI=1S/C89H126N24O19S/c1-9-11-24-68-81(125)101-59(23-17-31-96-89(94)95)77(121)108-67(76(120)99-43-73(93)117)46-133-47-74(118)100-62(34-50-27-29-51(39-90)30-28-50)84(128)109(6)49(5)75(119)103-64(38-72(92)116)86(130)112-32-18-26-69(112)82(126)106-65(40-91)79(123)104-61(33-48(3)4)87(131)113-44-54(115)37-71(113)83(127)102-60(35-52-41-97-57-21-15-13-19-55(52)57)78(122)107-66(45-114)80(124)105-63(36-53-42-98-58-22-16-14-20-56(53)58)85(129)111(8)70(25-12-10-2)88(132)110(68)7/h13-16,19-22,27-30,41-42,48-49,54,59-71,97-98,114-115H,9-12,17-18,23-26,31-38,40,43-47,91H2,1-8H3,(H2,92,116)(H2,93,117)(H,99,120)(H,100,118)(H,101,125)(H,102,127)(H,103,119)(H,104,123)(H,105,124)(H,106,126)(H,107,122)(H,108,121)(H4,94,95,96)/t49-,54+,59-,60-,61-,62-,63-,64-,65-,66-,67-,68-,69-,70-,71-/m0/s1. The molecule has 44 heteroatoms. The second-order valence-corrected chi connectivity index (χ2v) is 35.1. The maximum Gasteiger partial charge on any atom is 0.246 e. The van der Waals surface area contributed by atoms with Crippen LogP contribution in [0.15, 0.2) is 85.2 Å². The van der Waals surface area contributed by atoms with Crippen LogP contribution in [0.3, 0.4) is 0 Å². The Bertz CT molecular complexity index is 5060. The molecule has 5 heterocycles. The van der Waals surface area contributed by atoms with Crippen molar-refractivity contribution in [2.24, 2.45) is 28.9 Å². The first-order valence-corrected chi connectivity index (χ1v) is 45.7. The Kier molecular flexibility index (Phi) is 39.8. The first kappa shape index (κ1) is 105. The predicted octanol–water partition coefficient (Wildman–Crippen LogP) is -3.77. The quantitative estimate of drug-likeness (QED) is 0.0152. The van der Waals surface area contributed by atoms with Crippen molar-refractivity contribution in [3.8, 4) is 6.07 Å². The number of rotatable bonds is 25. The molecule has 3 aromatic carbocycles. The molecule has 3 aliphatic heterocycles. The number of benzene rings is 3. The van der Waals surface area contributed by atoms with E-state index in [-0.39, 0.29) is 88.8 Å². The molecule has 5 aromatic rings. The van der Waals surface area contributed by atoms with Gasteiger partial charge in [0, 0.05) is 113 Å². The van der Waals surface area contributed by atoms with E-state index in [0.29, 0.717) is 64.2 Å². The van der Waals surface area contributed by atoms with Crippen LogP contribution >= 0.6 is 11.8 Å². The van der Waals surface area contributed by atoms with Gasteiger partial charge < -0.3 is 126 Å². The van der Waals surface area contributed by atoms with Gasteiger partial charge in [0.1, 0.15) is 84.6 Å². The van der Waals surface area contributed by atoms with Crippen molar-refractivity contribution in [3.63, 3.8) is 0 Å². The monoisotopic (exact) mass is 1870 g/mol. The van der Waals surface area contributed by atoms with E-state index < -0.39 is 248 Å². The van der Waals surface area contributed by atoms with Crippen LogP contribution in [0.25, 0.3) is 21.8 Å². The molecule has 17 amide bonds. The van der Waals surface area contributed by atoms with Crippen LogP contribution in [0.2, 0.25) is 0 Å². The first-order chi connectivity index (χ1) is 63.3. The average Bonchev–Trinajstić information content (AvgIpc) is 1.78. The third-order valence-corrected chi connectivity index (χ3v) is 24.8.